The predicted molar refractivity (Wildman–Crippen MR) is 62.2 cm³/mol. The molecule has 4 heteroatoms. The normalized spacial score (nSPS) is 33.2. The van der Waals surface area contributed by atoms with E-state index in [4.69, 9.17) is 4.74 Å². The second-order valence-electron chi connectivity index (χ2n) is 4.97. The number of carbonyl (C=O) groups is 1. The molecule has 16 heavy (non-hydrogen) atoms. The van der Waals surface area contributed by atoms with E-state index in [-0.39, 0.29) is 5.91 Å². The highest BCUT2D eigenvalue weighted by molar-refractivity contribution is 5.76. The van der Waals surface area contributed by atoms with Crippen LogP contribution in [0.3, 0.4) is 0 Å². The molecule has 4 nitrogen and oxygen atoms in total. The number of hydrogen-bond donors (Lipinski definition) is 2. The minimum absolute atomic E-state index is 0.185. The highest BCUT2D eigenvalue weighted by atomic mass is 16.5. The van der Waals surface area contributed by atoms with Crippen molar-refractivity contribution in [1.29, 1.82) is 0 Å². The maximum atomic E-state index is 11.4. The number of rotatable bonds is 3. The van der Waals surface area contributed by atoms with Gasteiger partial charge in [-0.15, -0.1) is 0 Å². The van der Waals surface area contributed by atoms with Crippen molar-refractivity contribution in [3.8, 4) is 0 Å². The molecule has 0 radical (unpaired) electrons. The maximum Gasteiger partial charge on any atom is 0.221 e. The highest BCUT2D eigenvalue weighted by Gasteiger charge is 2.25. The van der Waals surface area contributed by atoms with Crippen LogP contribution in [-0.2, 0) is 9.53 Å². The summed E-state index contributed by atoms with van der Waals surface area (Å²) >= 11 is 0. The zero-order valence-electron chi connectivity index (χ0n) is 10.00. The van der Waals surface area contributed by atoms with E-state index in [1.54, 1.807) is 0 Å². The third-order valence-electron chi connectivity index (χ3n) is 3.65. The maximum absolute atomic E-state index is 11.4. The average molecular weight is 226 g/mol. The molecular weight excluding hydrogens is 204 g/mol. The van der Waals surface area contributed by atoms with Gasteiger partial charge in [0.05, 0.1) is 6.61 Å². The Morgan fingerprint density at radius 3 is 3.12 bits per heavy atom. The van der Waals surface area contributed by atoms with Crippen molar-refractivity contribution in [2.24, 2.45) is 5.92 Å². The molecule has 0 spiro atoms. The summed E-state index contributed by atoms with van der Waals surface area (Å²) in [4.78, 5) is 11.4. The fraction of sp³-hybridized carbons (Fsp3) is 0.917. The van der Waals surface area contributed by atoms with Gasteiger partial charge in [0, 0.05) is 31.7 Å². The predicted octanol–water partition coefficient (Wildman–Crippen LogP) is 0.670. The second kappa shape index (κ2) is 5.64. The first-order valence-electron chi connectivity index (χ1n) is 6.36. The molecule has 0 saturated carbocycles. The monoisotopic (exact) mass is 226 g/mol. The van der Waals surface area contributed by atoms with Gasteiger partial charge in [-0.25, -0.2) is 0 Å². The number of nitrogens with one attached hydrogen (secondary N) is 2. The molecule has 0 aromatic carbocycles. The summed E-state index contributed by atoms with van der Waals surface area (Å²) in [5.74, 6) is 0.802. The molecule has 2 aliphatic heterocycles. The lowest BCUT2D eigenvalue weighted by molar-refractivity contribution is -0.121. The van der Waals surface area contributed by atoms with Crippen molar-refractivity contribution in [1.82, 2.24) is 10.6 Å². The Morgan fingerprint density at radius 1 is 1.50 bits per heavy atom. The third-order valence-corrected chi connectivity index (χ3v) is 3.65. The largest absolute Gasteiger partial charge is 0.381 e. The second-order valence-corrected chi connectivity index (χ2v) is 4.97. The molecule has 2 fully saturated rings. The van der Waals surface area contributed by atoms with Gasteiger partial charge in [-0.1, -0.05) is 0 Å². The molecule has 0 aliphatic carbocycles. The Morgan fingerprint density at radius 2 is 2.38 bits per heavy atom. The van der Waals surface area contributed by atoms with Gasteiger partial charge in [-0.05, 0) is 32.1 Å². The van der Waals surface area contributed by atoms with E-state index in [9.17, 15) is 4.79 Å². The summed E-state index contributed by atoms with van der Waals surface area (Å²) in [5, 5.41) is 6.50. The molecule has 2 aliphatic rings. The Bertz CT molecular complexity index is 239. The van der Waals surface area contributed by atoms with Crippen LogP contribution in [0.5, 0.6) is 0 Å². The molecule has 2 heterocycles. The van der Waals surface area contributed by atoms with Gasteiger partial charge in [0.15, 0.2) is 0 Å². The zero-order valence-corrected chi connectivity index (χ0v) is 10.00. The first kappa shape index (κ1) is 11.9. The van der Waals surface area contributed by atoms with Crippen molar-refractivity contribution in [2.45, 2.75) is 44.7 Å². The van der Waals surface area contributed by atoms with E-state index < -0.39 is 0 Å². The van der Waals surface area contributed by atoms with Crippen LogP contribution in [0.25, 0.3) is 0 Å². The van der Waals surface area contributed by atoms with Crippen molar-refractivity contribution >= 4 is 5.91 Å². The van der Waals surface area contributed by atoms with Crippen LogP contribution in [0.2, 0.25) is 0 Å². The number of carbonyl (C=O) groups excluding carboxylic acids is 1. The molecule has 2 N–H and O–H groups in total. The number of amides is 1. The minimum atomic E-state index is 0.185. The van der Waals surface area contributed by atoms with Crippen LogP contribution in [0.4, 0.5) is 0 Å². The molecule has 3 unspecified atom stereocenters. The van der Waals surface area contributed by atoms with E-state index in [1.807, 2.05) is 0 Å². The quantitative estimate of drug-likeness (QED) is 0.743. The molecule has 0 aromatic heterocycles. The number of ether oxygens (including phenoxy) is 1. The molecule has 2 rings (SSSR count). The molecule has 0 bridgehead atoms. The van der Waals surface area contributed by atoms with E-state index in [2.05, 4.69) is 17.6 Å². The van der Waals surface area contributed by atoms with Crippen molar-refractivity contribution < 1.29 is 9.53 Å². The summed E-state index contributed by atoms with van der Waals surface area (Å²) in [5.41, 5.74) is 0. The van der Waals surface area contributed by atoms with Gasteiger partial charge in [0.2, 0.25) is 5.91 Å². The van der Waals surface area contributed by atoms with Crippen LogP contribution < -0.4 is 10.6 Å². The average Bonchev–Trinajstić information content (AvgIpc) is 2.70. The van der Waals surface area contributed by atoms with Crippen LogP contribution in [0.1, 0.15) is 32.6 Å². The lowest BCUT2D eigenvalue weighted by Crippen LogP contribution is -2.42. The first-order chi connectivity index (χ1) is 7.75. The van der Waals surface area contributed by atoms with Gasteiger partial charge in [0.1, 0.15) is 0 Å². The van der Waals surface area contributed by atoms with Gasteiger partial charge in [-0.2, -0.15) is 0 Å². The summed E-state index contributed by atoms with van der Waals surface area (Å²) in [7, 11) is 0. The summed E-state index contributed by atoms with van der Waals surface area (Å²) in [6, 6.07) is 0.802. The Hall–Kier alpha value is -0.610. The van der Waals surface area contributed by atoms with Gasteiger partial charge in [0.25, 0.3) is 0 Å². The minimum Gasteiger partial charge on any atom is -0.381 e. The summed E-state index contributed by atoms with van der Waals surface area (Å²) in [6.45, 7) is 4.80. The lowest BCUT2D eigenvalue weighted by Gasteiger charge is -2.25. The van der Waals surface area contributed by atoms with Crippen molar-refractivity contribution in [2.75, 3.05) is 19.8 Å². The Kier molecular flexibility index (Phi) is 4.18. The lowest BCUT2D eigenvalue weighted by atomic mass is 9.98. The fourth-order valence-corrected chi connectivity index (χ4v) is 2.57. The van der Waals surface area contributed by atoms with Crippen molar-refractivity contribution in [3.05, 3.63) is 0 Å². The van der Waals surface area contributed by atoms with Gasteiger partial charge < -0.3 is 15.4 Å². The topological polar surface area (TPSA) is 50.4 Å². The van der Waals surface area contributed by atoms with Gasteiger partial charge >= 0.3 is 0 Å². The summed E-state index contributed by atoms with van der Waals surface area (Å²) in [6.07, 6.45) is 3.94. The molecule has 2 saturated heterocycles. The first-order valence-corrected chi connectivity index (χ1v) is 6.36. The van der Waals surface area contributed by atoms with Crippen LogP contribution >= 0.6 is 0 Å². The summed E-state index contributed by atoms with van der Waals surface area (Å²) < 4.78 is 5.39. The molecule has 1 amide bonds. The smallest absolute Gasteiger partial charge is 0.221 e. The third kappa shape index (κ3) is 3.19. The fourth-order valence-electron chi connectivity index (χ4n) is 2.57. The SMILES string of the molecule is CC(NC1CCCNC(=O)C1)C1CCOC1. The molecule has 3 atom stereocenters. The van der Waals surface area contributed by atoms with Crippen LogP contribution in [0, 0.1) is 5.92 Å². The van der Waals surface area contributed by atoms with E-state index >= 15 is 0 Å². The molecule has 0 aromatic rings. The van der Waals surface area contributed by atoms with Gasteiger partial charge in [-0.3, -0.25) is 4.79 Å². The van der Waals surface area contributed by atoms with Crippen LogP contribution in [0.15, 0.2) is 0 Å². The Balaban J connectivity index is 1.80. The highest BCUT2D eigenvalue weighted by Crippen LogP contribution is 2.18. The van der Waals surface area contributed by atoms with E-state index in [0.29, 0.717) is 24.4 Å². The van der Waals surface area contributed by atoms with Crippen molar-refractivity contribution in [3.63, 3.8) is 0 Å². The molecular formula is C12H22N2O2. The van der Waals surface area contributed by atoms with Crippen LogP contribution in [-0.4, -0.2) is 37.7 Å². The number of hydrogen-bond acceptors (Lipinski definition) is 3. The Labute approximate surface area is 97.1 Å². The molecule has 92 valence electrons. The standard InChI is InChI=1S/C12H22N2O2/c1-9(10-4-6-16-8-10)14-11-3-2-5-13-12(15)7-11/h9-11,14H,2-8H2,1H3,(H,13,15). The van der Waals surface area contributed by atoms with E-state index in [0.717, 1.165) is 39.0 Å². The van der Waals surface area contributed by atoms with E-state index in [1.165, 1.54) is 0 Å². The zero-order chi connectivity index (χ0) is 11.4.